The number of hydrogen-bond acceptors (Lipinski definition) is 4. The maximum Gasteiger partial charge on any atom is 0.348 e. The van der Waals surface area contributed by atoms with Gasteiger partial charge in [0.05, 0.1) is 17.9 Å². The van der Waals surface area contributed by atoms with E-state index in [0.717, 1.165) is 26.8 Å². The van der Waals surface area contributed by atoms with E-state index in [0.29, 0.717) is 18.1 Å². The summed E-state index contributed by atoms with van der Waals surface area (Å²) in [6.07, 6.45) is 0. The normalized spacial score (nSPS) is 11.2. The first kappa shape index (κ1) is 18.7. The minimum absolute atomic E-state index is 0.260. The Morgan fingerprint density at radius 3 is 2.58 bits per heavy atom. The van der Waals surface area contributed by atoms with E-state index in [1.165, 1.54) is 11.3 Å². The molecule has 1 aromatic heterocycles. The summed E-state index contributed by atoms with van der Waals surface area (Å²) in [7, 11) is 0.209. The van der Waals surface area contributed by atoms with Crippen molar-refractivity contribution in [2.45, 2.75) is 40.1 Å². The number of thiophene rings is 1. The van der Waals surface area contributed by atoms with Crippen LogP contribution in [0.4, 0.5) is 0 Å². The van der Waals surface area contributed by atoms with Gasteiger partial charge in [-0.2, -0.15) is 0 Å². The molecular weight excluding hydrogens is 336 g/mol. The third kappa shape index (κ3) is 4.07. The summed E-state index contributed by atoms with van der Waals surface area (Å²) in [4.78, 5) is 12.9. The standard InChI is InChI=1S/C19H24O3SSi/c1-7-22-19(20)17-13(2)16-15(12-21-3)9-8-14(18(16)23-17)10-11-24(4,5)6/h8-9H,7,12H2,1-6H3. The van der Waals surface area contributed by atoms with Crippen LogP contribution in [0, 0.1) is 18.4 Å². The van der Waals surface area contributed by atoms with Gasteiger partial charge in [0.1, 0.15) is 13.0 Å². The average molecular weight is 361 g/mol. The van der Waals surface area contributed by atoms with Gasteiger partial charge in [-0.25, -0.2) is 4.79 Å². The van der Waals surface area contributed by atoms with Crippen LogP contribution < -0.4 is 0 Å². The third-order valence-corrected chi connectivity index (χ3v) is 5.68. The molecule has 2 rings (SSSR count). The number of rotatable bonds is 4. The molecule has 3 nitrogen and oxygen atoms in total. The van der Waals surface area contributed by atoms with Crippen molar-refractivity contribution in [2.75, 3.05) is 13.7 Å². The summed E-state index contributed by atoms with van der Waals surface area (Å²) in [6, 6.07) is 4.09. The molecule has 0 N–H and O–H groups in total. The van der Waals surface area contributed by atoms with Gasteiger partial charge in [-0.3, -0.25) is 0 Å². The molecule has 0 bridgehead atoms. The second-order valence-electron chi connectivity index (χ2n) is 6.69. The van der Waals surface area contributed by atoms with E-state index >= 15 is 0 Å². The van der Waals surface area contributed by atoms with Gasteiger partial charge in [0, 0.05) is 18.1 Å². The molecule has 2 aromatic rings. The minimum Gasteiger partial charge on any atom is -0.462 e. The van der Waals surface area contributed by atoms with Crippen LogP contribution in [-0.2, 0) is 16.1 Å². The van der Waals surface area contributed by atoms with E-state index in [9.17, 15) is 4.79 Å². The van der Waals surface area contributed by atoms with Gasteiger partial charge in [-0.05, 0) is 31.0 Å². The molecule has 0 fully saturated rings. The van der Waals surface area contributed by atoms with Crippen LogP contribution in [0.1, 0.15) is 33.3 Å². The highest BCUT2D eigenvalue weighted by Crippen LogP contribution is 2.36. The Bertz CT molecular complexity index is 819. The number of benzene rings is 1. The maximum absolute atomic E-state index is 12.3. The Morgan fingerprint density at radius 1 is 1.29 bits per heavy atom. The van der Waals surface area contributed by atoms with E-state index in [2.05, 4.69) is 37.2 Å². The quantitative estimate of drug-likeness (QED) is 0.448. The molecule has 0 aliphatic heterocycles. The molecule has 0 atom stereocenters. The second-order valence-corrected chi connectivity index (χ2v) is 12.5. The van der Waals surface area contributed by atoms with Crippen LogP contribution in [0.2, 0.25) is 19.6 Å². The predicted octanol–water partition coefficient (Wildman–Crippen LogP) is 4.76. The number of carbonyl (C=O) groups excluding carboxylic acids is 1. The van der Waals surface area contributed by atoms with Crippen LogP contribution in [0.15, 0.2) is 12.1 Å². The van der Waals surface area contributed by atoms with Gasteiger partial charge in [0.2, 0.25) is 0 Å². The summed E-state index contributed by atoms with van der Waals surface area (Å²) >= 11 is 1.47. The molecule has 1 aromatic carbocycles. The van der Waals surface area contributed by atoms with E-state index in [1.54, 1.807) is 7.11 Å². The Balaban J connectivity index is 2.70. The fourth-order valence-electron chi connectivity index (χ4n) is 2.45. The molecule has 0 saturated carbocycles. The largest absolute Gasteiger partial charge is 0.462 e. The highest BCUT2D eigenvalue weighted by Gasteiger charge is 2.20. The zero-order chi connectivity index (χ0) is 17.9. The number of aryl methyl sites for hydroxylation is 1. The van der Waals surface area contributed by atoms with Gasteiger partial charge in [0.25, 0.3) is 0 Å². The number of fused-ring (bicyclic) bond motifs is 1. The van der Waals surface area contributed by atoms with E-state index in [4.69, 9.17) is 9.47 Å². The maximum atomic E-state index is 12.3. The third-order valence-electron chi connectivity index (χ3n) is 3.50. The van der Waals surface area contributed by atoms with Gasteiger partial charge in [-0.1, -0.05) is 31.6 Å². The molecule has 0 aliphatic rings. The smallest absolute Gasteiger partial charge is 0.348 e. The molecule has 0 spiro atoms. The Labute approximate surface area is 149 Å². The van der Waals surface area contributed by atoms with Gasteiger partial charge in [-0.15, -0.1) is 16.9 Å². The van der Waals surface area contributed by atoms with Crippen LogP contribution in [0.5, 0.6) is 0 Å². The Morgan fingerprint density at radius 2 is 2.00 bits per heavy atom. The van der Waals surface area contributed by atoms with Crippen molar-refractivity contribution in [1.29, 1.82) is 0 Å². The number of ether oxygens (including phenoxy) is 2. The van der Waals surface area contributed by atoms with Crippen molar-refractivity contribution in [3.05, 3.63) is 33.7 Å². The molecular formula is C19H24O3SSi. The Kier molecular flexibility index (Phi) is 5.86. The summed E-state index contributed by atoms with van der Waals surface area (Å²) in [5, 5.41) is 1.08. The first-order valence-electron chi connectivity index (χ1n) is 8.02. The lowest BCUT2D eigenvalue weighted by Crippen LogP contribution is -2.16. The van der Waals surface area contributed by atoms with Crippen molar-refractivity contribution in [1.82, 2.24) is 0 Å². The molecule has 0 saturated heterocycles. The molecule has 0 aliphatic carbocycles. The van der Waals surface area contributed by atoms with Crippen LogP contribution in [0.3, 0.4) is 0 Å². The highest BCUT2D eigenvalue weighted by molar-refractivity contribution is 7.21. The second kappa shape index (κ2) is 7.52. The van der Waals surface area contributed by atoms with Crippen molar-refractivity contribution in [3.63, 3.8) is 0 Å². The van der Waals surface area contributed by atoms with Crippen LogP contribution in [0.25, 0.3) is 10.1 Å². The number of esters is 1. The lowest BCUT2D eigenvalue weighted by atomic mass is 10.0. The van der Waals surface area contributed by atoms with Gasteiger partial charge >= 0.3 is 5.97 Å². The summed E-state index contributed by atoms with van der Waals surface area (Å²) in [5.41, 5.74) is 6.43. The van der Waals surface area contributed by atoms with Gasteiger partial charge < -0.3 is 9.47 Å². The molecule has 0 radical (unpaired) electrons. The van der Waals surface area contributed by atoms with Crippen LogP contribution in [-0.4, -0.2) is 27.8 Å². The highest BCUT2D eigenvalue weighted by atomic mass is 32.1. The number of carbonyl (C=O) groups is 1. The van der Waals surface area contributed by atoms with Crippen molar-refractivity contribution in [3.8, 4) is 11.5 Å². The Hall–Kier alpha value is -1.61. The number of hydrogen-bond donors (Lipinski definition) is 0. The summed E-state index contributed by atoms with van der Waals surface area (Å²) in [5.74, 6) is 3.08. The van der Waals surface area contributed by atoms with Gasteiger partial charge in [0.15, 0.2) is 0 Å². The lowest BCUT2D eigenvalue weighted by molar-refractivity contribution is 0.0531. The molecule has 5 heteroatoms. The predicted molar refractivity (Wildman–Crippen MR) is 103 cm³/mol. The topological polar surface area (TPSA) is 35.5 Å². The zero-order valence-electron chi connectivity index (χ0n) is 15.2. The fourth-order valence-corrected chi connectivity index (χ4v) is 4.18. The first-order chi connectivity index (χ1) is 11.3. The molecule has 0 amide bonds. The van der Waals surface area contributed by atoms with E-state index < -0.39 is 8.07 Å². The molecule has 1 heterocycles. The van der Waals surface area contributed by atoms with Crippen molar-refractivity contribution in [2.24, 2.45) is 0 Å². The zero-order valence-corrected chi connectivity index (χ0v) is 17.0. The SMILES string of the molecule is CCOC(=O)c1sc2c(C#C[Si](C)(C)C)ccc(COC)c2c1C. The van der Waals surface area contributed by atoms with Crippen molar-refractivity contribution < 1.29 is 14.3 Å². The van der Waals surface area contributed by atoms with E-state index in [1.807, 2.05) is 19.9 Å². The van der Waals surface area contributed by atoms with E-state index in [-0.39, 0.29) is 5.97 Å². The lowest BCUT2D eigenvalue weighted by Gasteiger charge is -2.06. The fraction of sp³-hybridized carbons (Fsp3) is 0.421. The monoisotopic (exact) mass is 360 g/mol. The average Bonchev–Trinajstić information content (AvgIpc) is 2.84. The first-order valence-corrected chi connectivity index (χ1v) is 12.3. The molecule has 24 heavy (non-hydrogen) atoms. The molecule has 128 valence electrons. The summed E-state index contributed by atoms with van der Waals surface area (Å²) in [6.45, 7) is 11.3. The summed E-state index contributed by atoms with van der Waals surface area (Å²) < 4.78 is 11.6. The molecule has 0 unspecified atom stereocenters. The number of methoxy groups -OCH3 is 1. The van der Waals surface area contributed by atoms with Crippen molar-refractivity contribution >= 4 is 35.5 Å². The van der Waals surface area contributed by atoms with Crippen LogP contribution >= 0.6 is 11.3 Å². The minimum atomic E-state index is -1.47.